The van der Waals surface area contributed by atoms with E-state index in [2.05, 4.69) is 39.2 Å². The Hall–Kier alpha value is 0.925. The van der Waals surface area contributed by atoms with Crippen molar-refractivity contribution >= 4 is 0 Å². The van der Waals surface area contributed by atoms with Crippen molar-refractivity contribution in [2.24, 2.45) is 17.3 Å². The van der Waals surface area contributed by atoms with E-state index in [0.29, 0.717) is 11.3 Å². The van der Waals surface area contributed by atoms with Gasteiger partial charge in [0.1, 0.15) is 0 Å². The average Bonchev–Trinajstić information content (AvgIpc) is 2.29. The molecule has 2 radical (unpaired) electrons. The Labute approximate surface area is 128 Å². The van der Waals surface area contributed by atoms with Crippen molar-refractivity contribution in [3.63, 3.8) is 0 Å². The summed E-state index contributed by atoms with van der Waals surface area (Å²) in [7, 11) is 0. The number of likely N-dealkylation sites (tertiary alicyclic amines) is 1. The normalized spacial score (nSPS) is 25.8. The first-order valence-electron chi connectivity index (χ1n) is 5.59. The second-order valence-corrected chi connectivity index (χ2v) is 5.79. The summed E-state index contributed by atoms with van der Waals surface area (Å²) in [6, 6.07) is 0. The Morgan fingerprint density at radius 2 is 1.88 bits per heavy atom. The van der Waals surface area contributed by atoms with E-state index >= 15 is 0 Å². The summed E-state index contributed by atoms with van der Waals surface area (Å²) in [5.74, 6) is 1.38. The van der Waals surface area contributed by atoms with Crippen LogP contribution in [0.15, 0.2) is 12.7 Å². The van der Waals surface area contributed by atoms with Crippen molar-refractivity contribution in [2.75, 3.05) is 19.6 Å². The molecule has 0 saturated carbocycles. The Morgan fingerprint density at radius 1 is 1.31 bits per heavy atom. The summed E-state index contributed by atoms with van der Waals surface area (Å²) in [6.07, 6.45) is 3.28. The molecule has 0 bridgehead atoms. The van der Waals surface area contributed by atoms with Gasteiger partial charge in [0.2, 0.25) is 0 Å². The molecule has 2 atom stereocenters. The molecule has 0 aromatic rings. The topological polar surface area (TPSA) is 3.24 Å². The van der Waals surface area contributed by atoms with Crippen LogP contribution >= 0.6 is 0 Å². The van der Waals surface area contributed by atoms with E-state index in [1.54, 1.807) is 0 Å². The average molecular weight is 430 g/mol. The number of halogens is 1. The molecule has 1 fully saturated rings. The Bertz CT molecular complexity index is 201. The van der Waals surface area contributed by atoms with Crippen molar-refractivity contribution < 1.29 is 40.1 Å². The third kappa shape index (κ3) is 6.61. The molecule has 0 aliphatic carbocycles. The second-order valence-electron chi connectivity index (χ2n) is 5.79. The Morgan fingerprint density at radius 3 is 2.31 bits per heavy atom. The molecule has 0 N–H and O–H groups in total. The molecule has 1 saturated heterocycles. The number of nitrogens with zero attached hydrogens (tertiary/aromatic N) is 1. The van der Waals surface area contributed by atoms with Crippen molar-refractivity contribution in [3.05, 3.63) is 19.6 Å². The Kier molecular flexibility index (Phi) is 9.76. The van der Waals surface area contributed by atoms with Gasteiger partial charge in [-0.1, -0.05) is 26.8 Å². The predicted octanol–water partition coefficient (Wildman–Crippen LogP) is -0.00781. The van der Waals surface area contributed by atoms with Gasteiger partial charge in [-0.15, -0.1) is 6.58 Å². The largest absolute Gasteiger partial charge is 1.00 e. The molecular weight excluding hydrogens is 406 g/mol. The summed E-state index contributed by atoms with van der Waals surface area (Å²) in [5.41, 5.74) is 0.435. The van der Waals surface area contributed by atoms with E-state index in [1.807, 2.05) is 6.08 Å². The van der Waals surface area contributed by atoms with Gasteiger partial charge in [-0.25, -0.2) is 0 Å². The summed E-state index contributed by atoms with van der Waals surface area (Å²) >= 11 is 0. The SMILES string of the molecule is [CH2]C1CN(CC=C)CC1CC(C)(C)C.[Cl-].[Hg+]. The summed E-state index contributed by atoms with van der Waals surface area (Å²) in [5, 5.41) is 0. The quantitative estimate of drug-likeness (QED) is 0.450. The maximum atomic E-state index is 4.26. The molecule has 1 nitrogen and oxygen atoms in total. The molecule has 2 unspecified atom stereocenters. The minimum atomic E-state index is 0. The second kappa shape index (κ2) is 8.10. The number of hydrogen-bond acceptors (Lipinski definition) is 1. The van der Waals surface area contributed by atoms with Crippen LogP contribution in [0.5, 0.6) is 0 Å². The van der Waals surface area contributed by atoms with Crippen molar-refractivity contribution in [1.82, 2.24) is 4.90 Å². The monoisotopic (exact) mass is 431 g/mol. The molecule has 90 valence electrons. The van der Waals surface area contributed by atoms with E-state index in [1.165, 1.54) is 13.0 Å². The molecule has 0 amide bonds. The fourth-order valence-electron chi connectivity index (χ4n) is 2.39. The van der Waals surface area contributed by atoms with Crippen LogP contribution in [-0.4, -0.2) is 24.5 Å². The predicted molar refractivity (Wildman–Crippen MR) is 63.0 cm³/mol. The summed E-state index contributed by atoms with van der Waals surface area (Å²) in [4.78, 5) is 2.46. The maximum absolute atomic E-state index is 4.26. The molecule has 0 aromatic carbocycles. The number of hydrogen-bond donors (Lipinski definition) is 0. The van der Waals surface area contributed by atoms with Crippen molar-refractivity contribution in [3.8, 4) is 0 Å². The third-order valence-corrected chi connectivity index (χ3v) is 2.91. The van der Waals surface area contributed by atoms with Crippen LogP contribution in [0.1, 0.15) is 27.2 Å². The smallest absolute Gasteiger partial charge is 1.00 e. The molecule has 1 aliphatic heterocycles. The van der Waals surface area contributed by atoms with E-state index in [-0.39, 0.29) is 40.1 Å². The van der Waals surface area contributed by atoms with Crippen LogP contribution in [-0.2, 0) is 27.7 Å². The van der Waals surface area contributed by atoms with Crippen LogP contribution < -0.4 is 12.4 Å². The van der Waals surface area contributed by atoms with Gasteiger partial charge in [-0.3, -0.25) is 4.90 Å². The van der Waals surface area contributed by atoms with Gasteiger partial charge in [0, 0.05) is 19.6 Å². The van der Waals surface area contributed by atoms with Gasteiger partial charge in [0.05, 0.1) is 0 Å². The molecule has 1 aliphatic rings. The molecule has 0 aromatic heterocycles. The van der Waals surface area contributed by atoms with Gasteiger partial charge in [-0.2, -0.15) is 0 Å². The zero-order chi connectivity index (χ0) is 10.8. The minimum absolute atomic E-state index is 0. The minimum Gasteiger partial charge on any atom is -1.00 e. The molecule has 1 heterocycles. The van der Waals surface area contributed by atoms with Crippen LogP contribution in [0.4, 0.5) is 0 Å². The van der Waals surface area contributed by atoms with Gasteiger partial charge in [0.25, 0.3) is 0 Å². The van der Waals surface area contributed by atoms with Crippen molar-refractivity contribution in [1.29, 1.82) is 0 Å². The van der Waals surface area contributed by atoms with Crippen LogP contribution in [0.2, 0.25) is 0 Å². The first kappa shape index (κ1) is 19.3. The van der Waals surface area contributed by atoms with Gasteiger partial charge >= 0.3 is 27.7 Å². The van der Waals surface area contributed by atoms with E-state index < -0.39 is 0 Å². The molecule has 0 spiro atoms. The van der Waals surface area contributed by atoms with Crippen LogP contribution in [0, 0.1) is 24.2 Å². The zero-order valence-corrected chi connectivity index (χ0v) is 17.3. The van der Waals surface area contributed by atoms with Gasteiger partial charge in [-0.05, 0) is 30.6 Å². The van der Waals surface area contributed by atoms with E-state index in [9.17, 15) is 0 Å². The molecule has 16 heavy (non-hydrogen) atoms. The van der Waals surface area contributed by atoms with Gasteiger partial charge in [0.15, 0.2) is 0 Å². The summed E-state index contributed by atoms with van der Waals surface area (Å²) in [6.45, 7) is 18.4. The number of rotatable bonds is 3. The van der Waals surface area contributed by atoms with Gasteiger partial charge < -0.3 is 12.4 Å². The fourth-order valence-corrected chi connectivity index (χ4v) is 2.39. The molecular formula is C13H24ClHgN. The summed E-state index contributed by atoms with van der Waals surface area (Å²) < 4.78 is 0. The molecule has 1 rings (SSSR count). The van der Waals surface area contributed by atoms with Crippen LogP contribution in [0.25, 0.3) is 0 Å². The standard InChI is InChI=1S/C13H24N.ClH.Hg/c1-6-7-14-9-11(2)12(10-14)8-13(3,4)5;;/h6,11-12H,1-2,7-10H2,3-5H3;1H;/q;;+1/p-1. The molecule has 3 heteroatoms. The third-order valence-electron chi connectivity index (χ3n) is 2.91. The zero-order valence-electron chi connectivity index (χ0n) is 11.0. The Balaban J connectivity index is 0. The first-order valence-corrected chi connectivity index (χ1v) is 5.59. The first-order chi connectivity index (χ1) is 6.42. The van der Waals surface area contributed by atoms with E-state index in [0.717, 1.165) is 19.0 Å². The maximum Gasteiger partial charge on any atom is 1.00 e. The fraction of sp³-hybridized carbons (Fsp3) is 0.769. The van der Waals surface area contributed by atoms with E-state index in [4.69, 9.17) is 0 Å². The van der Waals surface area contributed by atoms with Crippen molar-refractivity contribution in [2.45, 2.75) is 27.2 Å². The van der Waals surface area contributed by atoms with Crippen LogP contribution in [0.3, 0.4) is 0 Å².